The molecule has 0 aliphatic carbocycles. The minimum absolute atomic E-state index is 0.494. The van der Waals surface area contributed by atoms with Gasteiger partial charge in [-0.05, 0) is 12.1 Å². The van der Waals surface area contributed by atoms with Gasteiger partial charge in [0.25, 0.3) is 0 Å². The van der Waals surface area contributed by atoms with Gasteiger partial charge in [-0.3, -0.25) is 4.98 Å². The lowest BCUT2D eigenvalue weighted by atomic mass is 10.3. The van der Waals surface area contributed by atoms with Gasteiger partial charge in [0.1, 0.15) is 0 Å². The first-order valence-corrected chi connectivity index (χ1v) is 3.61. The van der Waals surface area contributed by atoms with Gasteiger partial charge < -0.3 is 9.94 Å². The molecule has 1 aromatic rings. The average Bonchev–Trinajstić information content (AvgIpc) is 2.07. The van der Waals surface area contributed by atoms with Gasteiger partial charge in [0.2, 0.25) is 0 Å². The van der Waals surface area contributed by atoms with Crippen LogP contribution in [0.15, 0.2) is 24.4 Å². The van der Waals surface area contributed by atoms with Crippen molar-refractivity contribution in [3.05, 3.63) is 30.1 Å². The van der Waals surface area contributed by atoms with Crippen molar-refractivity contribution in [1.29, 1.82) is 0 Å². The van der Waals surface area contributed by atoms with Gasteiger partial charge in [0.15, 0.2) is 6.23 Å². The van der Waals surface area contributed by atoms with E-state index in [9.17, 15) is 0 Å². The predicted molar refractivity (Wildman–Crippen MR) is 43.5 cm³/mol. The zero-order valence-electron chi connectivity index (χ0n) is 7.14. The van der Waals surface area contributed by atoms with E-state index in [1.165, 1.54) is 14.2 Å². The Kier molecular flexibility index (Phi) is 3.16. The monoisotopic (exact) mass is 168 g/mol. The van der Waals surface area contributed by atoms with Crippen LogP contribution in [-0.4, -0.2) is 29.4 Å². The second kappa shape index (κ2) is 4.15. The van der Waals surface area contributed by atoms with Gasteiger partial charge in [0, 0.05) is 20.4 Å². The number of hydrogen-bond acceptors (Lipinski definition) is 4. The molecule has 4 heteroatoms. The first kappa shape index (κ1) is 9.12. The fraction of sp³-hybridized carbons (Fsp3) is 0.375. The van der Waals surface area contributed by atoms with Crippen molar-refractivity contribution in [3.8, 4) is 0 Å². The Hall–Kier alpha value is -0.970. The zero-order chi connectivity index (χ0) is 8.97. The number of pyridine rings is 1. The molecule has 0 aliphatic rings. The Morgan fingerprint density at radius 1 is 1.58 bits per heavy atom. The van der Waals surface area contributed by atoms with Gasteiger partial charge in [0.05, 0.1) is 5.69 Å². The summed E-state index contributed by atoms with van der Waals surface area (Å²) in [4.78, 5) is 4.04. The van der Waals surface area contributed by atoms with Gasteiger partial charge in [-0.2, -0.15) is 5.06 Å². The summed E-state index contributed by atoms with van der Waals surface area (Å²) in [5.41, 5.74) is 0.685. The van der Waals surface area contributed by atoms with E-state index in [2.05, 4.69) is 4.98 Å². The predicted octanol–water partition coefficient (Wildman–Crippen LogP) is 1.05. The van der Waals surface area contributed by atoms with Crippen LogP contribution in [0.4, 0.5) is 0 Å². The van der Waals surface area contributed by atoms with Gasteiger partial charge in [-0.1, -0.05) is 6.07 Å². The molecule has 0 fully saturated rings. The normalized spacial score (nSPS) is 13.3. The molecule has 1 heterocycles. The highest BCUT2D eigenvalue weighted by atomic mass is 16.6. The van der Waals surface area contributed by atoms with Crippen LogP contribution in [0.5, 0.6) is 0 Å². The number of nitrogens with zero attached hydrogens (tertiary/aromatic N) is 2. The third kappa shape index (κ3) is 2.01. The molecule has 0 bridgehead atoms. The fourth-order valence-electron chi connectivity index (χ4n) is 0.987. The first-order valence-electron chi connectivity index (χ1n) is 3.61. The fourth-order valence-corrected chi connectivity index (χ4v) is 0.987. The van der Waals surface area contributed by atoms with Crippen LogP contribution in [0.25, 0.3) is 0 Å². The third-order valence-corrected chi connectivity index (χ3v) is 1.50. The van der Waals surface area contributed by atoms with Gasteiger partial charge >= 0.3 is 0 Å². The molecule has 0 spiro atoms. The SMILES string of the molecule is COC(c1ccccn1)N(C)O. The third-order valence-electron chi connectivity index (χ3n) is 1.50. The summed E-state index contributed by atoms with van der Waals surface area (Å²) in [5.74, 6) is 0. The van der Waals surface area contributed by atoms with Crippen molar-refractivity contribution in [1.82, 2.24) is 10.0 Å². The highest BCUT2D eigenvalue weighted by Crippen LogP contribution is 2.14. The Morgan fingerprint density at radius 3 is 2.75 bits per heavy atom. The lowest BCUT2D eigenvalue weighted by Gasteiger charge is -2.19. The maximum atomic E-state index is 9.13. The molecule has 1 aromatic heterocycles. The summed E-state index contributed by atoms with van der Waals surface area (Å²) in [5, 5.41) is 10.1. The summed E-state index contributed by atoms with van der Waals surface area (Å²) < 4.78 is 5.01. The molecule has 1 unspecified atom stereocenters. The minimum Gasteiger partial charge on any atom is -0.358 e. The topological polar surface area (TPSA) is 45.6 Å². The van der Waals surface area contributed by atoms with Crippen molar-refractivity contribution >= 4 is 0 Å². The highest BCUT2D eigenvalue weighted by Gasteiger charge is 2.14. The highest BCUT2D eigenvalue weighted by molar-refractivity contribution is 5.05. The van der Waals surface area contributed by atoms with Crippen molar-refractivity contribution in [2.75, 3.05) is 14.2 Å². The van der Waals surface area contributed by atoms with E-state index < -0.39 is 6.23 Å². The Bertz CT molecular complexity index is 226. The molecule has 0 saturated carbocycles. The molecule has 0 aromatic carbocycles. The molecule has 0 saturated heterocycles. The molecule has 66 valence electrons. The number of aromatic nitrogens is 1. The molecule has 1 atom stereocenters. The van der Waals surface area contributed by atoms with Crippen LogP contribution in [0, 0.1) is 0 Å². The van der Waals surface area contributed by atoms with Crippen LogP contribution in [0.2, 0.25) is 0 Å². The van der Waals surface area contributed by atoms with Crippen LogP contribution in [0.3, 0.4) is 0 Å². The minimum atomic E-state index is -0.494. The maximum Gasteiger partial charge on any atom is 0.174 e. The lowest BCUT2D eigenvalue weighted by molar-refractivity contribution is -0.194. The van der Waals surface area contributed by atoms with E-state index in [1.54, 1.807) is 12.3 Å². The molecule has 1 rings (SSSR count). The molecular weight excluding hydrogens is 156 g/mol. The molecule has 0 aliphatic heterocycles. The summed E-state index contributed by atoms with van der Waals surface area (Å²) in [6.45, 7) is 0. The second-order valence-electron chi connectivity index (χ2n) is 2.42. The lowest BCUT2D eigenvalue weighted by Crippen LogP contribution is -2.22. The average molecular weight is 168 g/mol. The van der Waals surface area contributed by atoms with E-state index in [1.807, 2.05) is 12.1 Å². The van der Waals surface area contributed by atoms with E-state index in [4.69, 9.17) is 9.94 Å². The molecule has 0 amide bonds. The summed E-state index contributed by atoms with van der Waals surface area (Å²) in [6, 6.07) is 5.45. The molecule has 0 radical (unpaired) electrons. The van der Waals surface area contributed by atoms with Crippen molar-refractivity contribution < 1.29 is 9.94 Å². The van der Waals surface area contributed by atoms with Crippen LogP contribution in [-0.2, 0) is 4.74 Å². The van der Waals surface area contributed by atoms with Crippen LogP contribution < -0.4 is 0 Å². The molecule has 4 nitrogen and oxygen atoms in total. The van der Waals surface area contributed by atoms with E-state index >= 15 is 0 Å². The van der Waals surface area contributed by atoms with Gasteiger partial charge in [-0.15, -0.1) is 0 Å². The van der Waals surface area contributed by atoms with Crippen molar-refractivity contribution in [2.24, 2.45) is 0 Å². The first-order chi connectivity index (χ1) is 5.75. The largest absolute Gasteiger partial charge is 0.358 e. The van der Waals surface area contributed by atoms with Gasteiger partial charge in [-0.25, -0.2) is 0 Å². The van der Waals surface area contributed by atoms with Crippen molar-refractivity contribution in [3.63, 3.8) is 0 Å². The van der Waals surface area contributed by atoms with Crippen LogP contribution >= 0.6 is 0 Å². The number of ether oxygens (including phenoxy) is 1. The standard InChI is InChI=1S/C8H12N2O2/c1-10(11)8(12-2)7-5-3-4-6-9-7/h3-6,8,11H,1-2H3. The van der Waals surface area contributed by atoms with E-state index in [0.29, 0.717) is 5.69 Å². The number of rotatable bonds is 3. The Balaban J connectivity index is 2.80. The number of hydroxylamine groups is 2. The molecule has 1 N–H and O–H groups in total. The second-order valence-corrected chi connectivity index (χ2v) is 2.42. The number of hydrogen-bond donors (Lipinski definition) is 1. The Morgan fingerprint density at radius 2 is 2.33 bits per heavy atom. The molecular formula is C8H12N2O2. The maximum absolute atomic E-state index is 9.13. The van der Waals surface area contributed by atoms with E-state index in [0.717, 1.165) is 5.06 Å². The van der Waals surface area contributed by atoms with Crippen molar-refractivity contribution in [2.45, 2.75) is 6.23 Å². The smallest absolute Gasteiger partial charge is 0.174 e. The quantitative estimate of drug-likeness (QED) is 0.541. The molecule has 12 heavy (non-hydrogen) atoms. The number of methoxy groups -OCH3 is 1. The zero-order valence-corrected chi connectivity index (χ0v) is 7.14. The van der Waals surface area contributed by atoms with Crippen LogP contribution in [0.1, 0.15) is 11.9 Å². The summed E-state index contributed by atoms with van der Waals surface area (Å²) in [6.07, 6.45) is 1.16. The summed E-state index contributed by atoms with van der Waals surface area (Å²) >= 11 is 0. The summed E-state index contributed by atoms with van der Waals surface area (Å²) in [7, 11) is 3.04. The Labute approximate surface area is 71.4 Å². The van der Waals surface area contributed by atoms with E-state index in [-0.39, 0.29) is 0 Å².